The van der Waals surface area contributed by atoms with E-state index in [-0.39, 0.29) is 48.5 Å². The van der Waals surface area contributed by atoms with Gasteiger partial charge in [0.15, 0.2) is 0 Å². The molecule has 0 aliphatic heterocycles. The van der Waals surface area contributed by atoms with Crippen molar-refractivity contribution in [2.75, 3.05) is 0 Å². The first kappa shape index (κ1) is 47.4. The van der Waals surface area contributed by atoms with Crippen molar-refractivity contribution >= 4 is 21.9 Å². The summed E-state index contributed by atoms with van der Waals surface area (Å²) < 4.78 is 2.24. The monoisotopic (exact) mass is 1060 g/mol. The Morgan fingerprint density at radius 3 is 1.60 bits per heavy atom. The van der Waals surface area contributed by atoms with Gasteiger partial charge >= 0.3 is 0 Å². The molecule has 4 nitrogen and oxygen atoms in total. The summed E-state index contributed by atoms with van der Waals surface area (Å²) in [5.41, 5.74) is 17.3. The summed E-state index contributed by atoms with van der Waals surface area (Å²) in [5.74, 6) is 0.864. The molecular weight excluding hydrogens is 998 g/mol. The van der Waals surface area contributed by atoms with Crippen molar-refractivity contribution in [3.8, 4) is 67.3 Å². The maximum atomic E-state index is 11.8. The Kier molecular flexibility index (Phi) is 12.4. The van der Waals surface area contributed by atoms with E-state index in [4.69, 9.17) is 9.97 Å². The second kappa shape index (κ2) is 17.5. The number of aromatic nitrogens is 3. The van der Waals surface area contributed by atoms with Crippen molar-refractivity contribution in [3.63, 3.8) is 0 Å². The maximum Gasteiger partial charge on any atom is 0.148 e. The number of nitrogens with zero attached hydrogens (tertiary/aromatic N) is 3. The Labute approximate surface area is 412 Å². The van der Waals surface area contributed by atoms with E-state index in [0.717, 1.165) is 77.7 Å². The van der Waals surface area contributed by atoms with Crippen LogP contribution in [0, 0.1) is 6.07 Å². The molecule has 0 saturated carbocycles. The van der Waals surface area contributed by atoms with Gasteiger partial charge in [0.1, 0.15) is 11.6 Å². The summed E-state index contributed by atoms with van der Waals surface area (Å²) >= 11 is 0. The Hall–Kier alpha value is -6.09. The van der Waals surface area contributed by atoms with Gasteiger partial charge in [0, 0.05) is 43.9 Å². The summed E-state index contributed by atoms with van der Waals surface area (Å²) in [6, 6.07) is 56.0. The number of benzene rings is 7. The third-order valence-corrected chi connectivity index (χ3v) is 13.1. The van der Waals surface area contributed by atoms with Crippen LogP contribution in [0.1, 0.15) is 105 Å². The van der Waals surface area contributed by atoms with Crippen LogP contribution >= 0.6 is 0 Å². The molecule has 67 heavy (non-hydrogen) atoms. The third-order valence-electron chi connectivity index (χ3n) is 13.1. The molecule has 0 radical (unpaired) electrons. The third kappa shape index (κ3) is 9.31. The molecule has 2 heterocycles. The van der Waals surface area contributed by atoms with Gasteiger partial charge in [-0.3, -0.25) is 9.55 Å². The fraction of sp³-hybridized carbons (Fsp3) is 0.258. The van der Waals surface area contributed by atoms with Gasteiger partial charge in [-0.05, 0) is 109 Å². The number of phenols is 1. The van der Waals surface area contributed by atoms with E-state index in [2.05, 4.69) is 227 Å². The van der Waals surface area contributed by atoms with Crippen LogP contribution < -0.4 is 0 Å². The van der Waals surface area contributed by atoms with E-state index < -0.39 is 0 Å². The minimum Gasteiger partial charge on any atom is -0.507 e. The van der Waals surface area contributed by atoms with Gasteiger partial charge in [-0.25, -0.2) is 4.98 Å². The molecule has 2 aromatic heterocycles. The molecular formula is C62H62N3OPt-. The minimum absolute atomic E-state index is 0. The molecule has 5 heteroatoms. The van der Waals surface area contributed by atoms with E-state index in [1.165, 1.54) is 16.7 Å². The normalized spacial score (nSPS) is 12.4. The van der Waals surface area contributed by atoms with E-state index in [0.29, 0.717) is 11.4 Å². The van der Waals surface area contributed by atoms with Gasteiger partial charge in [0.2, 0.25) is 0 Å². The number of pyridine rings is 1. The Balaban J connectivity index is 0.00000608. The molecule has 1 N–H and O–H groups in total. The van der Waals surface area contributed by atoms with Crippen LogP contribution in [-0.4, -0.2) is 19.6 Å². The van der Waals surface area contributed by atoms with E-state index >= 15 is 0 Å². The van der Waals surface area contributed by atoms with Crippen LogP contribution in [-0.2, 0) is 42.7 Å². The van der Waals surface area contributed by atoms with Gasteiger partial charge in [-0.2, -0.15) is 0 Å². The zero-order valence-corrected chi connectivity index (χ0v) is 43.3. The van der Waals surface area contributed by atoms with Crippen LogP contribution in [0.5, 0.6) is 5.75 Å². The second-order valence-electron chi connectivity index (χ2n) is 22.1. The zero-order valence-electron chi connectivity index (χ0n) is 41.0. The van der Waals surface area contributed by atoms with E-state index in [1.807, 2.05) is 18.3 Å². The molecule has 0 saturated heterocycles. The minimum atomic E-state index is -0.147. The molecule has 0 aliphatic carbocycles. The summed E-state index contributed by atoms with van der Waals surface area (Å²) in [6.07, 6.45) is 1.93. The summed E-state index contributed by atoms with van der Waals surface area (Å²) in [6.45, 7) is 26.9. The first-order valence-corrected chi connectivity index (χ1v) is 23.3. The van der Waals surface area contributed by atoms with E-state index in [1.54, 1.807) is 0 Å². The van der Waals surface area contributed by atoms with Crippen LogP contribution in [0.15, 0.2) is 152 Å². The number of imidazole rings is 1. The molecule has 0 atom stereocenters. The van der Waals surface area contributed by atoms with Crippen molar-refractivity contribution in [1.29, 1.82) is 0 Å². The van der Waals surface area contributed by atoms with Gasteiger partial charge in [0.05, 0.1) is 16.6 Å². The second-order valence-corrected chi connectivity index (χ2v) is 22.1. The SMILES string of the molecule is CC(C)(C)c1ccc(-c2cc(-c3[c-]c(-c4cc(C(C)(C)C)cc5c(-c6ccccc6)ccnc45)ccc3)c3nc(-c4cc(C(C)(C)C)ccc4O)n(-c4ccc(C(C)(C)C)cc4)c3c2)cc1.[Pt]. The molecule has 9 aromatic rings. The van der Waals surface area contributed by atoms with Crippen LogP contribution in [0.2, 0.25) is 0 Å². The number of hydrogen-bond donors (Lipinski definition) is 1. The first-order valence-electron chi connectivity index (χ1n) is 23.3. The zero-order chi connectivity index (χ0) is 46.9. The van der Waals surface area contributed by atoms with Crippen molar-refractivity contribution in [1.82, 2.24) is 14.5 Å². The molecule has 0 fully saturated rings. The topological polar surface area (TPSA) is 50.9 Å². The van der Waals surface area contributed by atoms with E-state index in [9.17, 15) is 5.11 Å². The van der Waals surface area contributed by atoms with Gasteiger partial charge in [0.25, 0.3) is 0 Å². The molecule has 0 unspecified atom stereocenters. The molecule has 7 aromatic carbocycles. The Morgan fingerprint density at radius 2 is 1.00 bits per heavy atom. The summed E-state index contributed by atoms with van der Waals surface area (Å²) in [5, 5.41) is 12.9. The quantitative estimate of drug-likeness (QED) is 0.169. The summed E-state index contributed by atoms with van der Waals surface area (Å²) in [4.78, 5) is 10.7. The average molecular weight is 1060 g/mol. The smallest absolute Gasteiger partial charge is 0.148 e. The fourth-order valence-corrected chi connectivity index (χ4v) is 8.99. The Morgan fingerprint density at radius 1 is 0.448 bits per heavy atom. The van der Waals surface area contributed by atoms with Crippen molar-refractivity contribution < 1.29 is 26.2 Å². The predicted octanol–water partition coefficient (Wildman–Crippen LogP) is 16.6. The molecule has 342 valence electrons. The number of fused-ring (bicyclic) bond motifs is 2. The molecule has 9 rings (SSSR count). The van der Waals surface area contributed by atoms with Crippen LogP contribution in [0.4, 0.5) is 0 Å². The van der Waals surface area contributed by atoms with Gasteiger partial charge < -0.3 is 5.11 Å². The largest absolute Gasteiger partial charge is 0.507 e. The molecule has 0 aliphatic rings. The van der Waals surface area contributed by atoms with Crippen molar-refractivity contribution in [3.05, 3.63) is 180 Å². The number of rotatable bonds is 6. The first-order chi connectivity index (χ1) is 31.1. The molecule has 0 spiro atoms. The number of aromatic hydroxyl groups is 1. The standard InChI is InChI=1S/C62H62N3O.Pt/c1-59(2,3)44-23-21-39(22-24-44)43-34-50(41-19-16-20-42(33-41)51-37-47(62(10,11)12)38-52-49(31-32-63-56(51)52)40-17-14-13-15-18-40)57-54(35-43)65(48-28-25-45(26-29-48)60(4,5)6)58(64-57)53-36-46(61(7,8)9)27-30-55(53)66;/h13-32,34-38,66H,1-12H3;/q-1;. The van der Waals surface area contributed by atoms with Crippen molar-refractivity contribution in [2.45, 2.75) is 105 Å². The molecule has 0 amide bonds. The predicted molar refractivity (Wildman–Crippen MR) is 279 cm³/mol. The number of hydrogen-bond acceptors (Lipinski definition) is 3. The number of phenolic OH excluding ortho intramolecular Hbond substituents is 1. The van der Waals surface area contributed by atoms with Gasteiger partial charge in [-0.1, -0.05) is 179 Å². The van der Waals surface area contributed by atoms with Crippen LogP contribution in [0.3, 0.4) is 0 Å². The summed E-state index contributed by atoms with van der Waals surface area (Å²) in [7, 11) is 0. The fourth-order valence-electron chi connectivity index (χ4n) is 8.99. The van der Waals surface area contributed by atoms with Crippen LogP contribution in [0.25, 0.3) is 83.5 Å². The Bertz CT molecular complexity index is 3260. The molecule has 0 bridgehead atoms. The van der Waals surface area contributed by atoms with Crippen molar-refractivity contribution in [2.24, 2.45) is 0 Å². The van der Waals surface area contributed by atoms with Gasteiger partial charge in [-0.15, -0.1) is 35.4 Å². The maximum absolute atomic E-state index is 11.8. The average Bonchev–Trinajstić information content (AvgIpc) is 3.66.